The Labute approximate surface area is 237 Å². The van der Waals surface area contributed by atoms with Crippen LogP contribution in [0.4, 0.5) is 0 Å². The molecule has 3 aliphatic carbocycles. The van der Waals surface area contributed by atoms with Crippen molar-refractivity contribution in [1.82, 2.24) is 10.2 Å². The van der Waals surface area contributed by atoms with Gasteiger partial charge in [-0.2, -0.15) is 0 Å². The number of aromatic hydroxyl groups is 1. The summed E-state index contributed by atoms with van der Waals surface area (Å²) in [5, 5.41) is 23.1. The number of nitrogens with zero attached hydrogens (tertiary/aromatic N) is 1. The Morgan fingerprint density at radius 1 is 1.02 bits per heavy atom. The van der Waals surface area contributed by atoms with Gasteiger partial charge >= 0.3 is 5.97 Å². The predicted molar refractivity (Wildman–Crippen MR) is 150 cm³/mol. The molecular formula is C32H46N2O6. The summed E-state index contributed by atoms with van der Waals surface area (Å²) in [7, 11) is 0. The van der Waals surface area contributed by atoms with Gasteiger partial charge < -0.3 is 25.2 Å². The van der Waals surface area contributed by atoms with E-state index in [9.17, 15) is 24.6 Å². The number of amides is 2. The van der Waals surface area contributed by atoms with E-state index in [1.165, 1.54) is 18.6 Å². The minimum absolute atomic E-state index is 0.0337. The van der Waals surface area contributed by atoms with Gasteiger partial charge in [0.2, 0.25) is 11.8 Å². The molecule has 3 N–H and O–H groups in total. The number of hydrogen-bond acceptors (Lipinski definition) is 6. The molecule has 6 atom stereocenters. The maximum absolute atomic E-state index is 14.0. The lowest BCUT2D eigenvalue weighted by molar-refractivity contribution is -0.165. The summed E-state index contributed by atoms with van der Waals surface area (Å²) in [5.74, 6) is -0.517. The van der Waals surface area contributed by atoms with E-state index in [4.69, 9.17) is 4.74 Å². The lowest BCUT2D eigenvalue weighted by Gasteiger charge is -2.39. The van der Waals surface area contributed by atoms with Crippen molar-refractivity contribution in [3.8, 4) is 5.75 Å². The van der Waals surface area contributed by atoms with Crippen molar-refractivity contribution in [1.29, 1.82) is 0 Å². The normalized spacial score (nSPS) is 31.1. The fraction of sp³-hybridized carbons (Fsp3) is 0.719. The van der Waals surface area contributed by atoms with Crippen LogP contribution in [0.3, 0.4) is 0 Å². The van der Waals surface area contributed by atoms with E-state index >= 15 is 0 Å². The monoisotopic (exact) mass is 554 g/mol. The second-order valence-corrected chi connectivity index (χ2v) is 13.5. The van der Waals surface area contributed by atoms with Gasteiger partial charge in [0.05, 0.1) is 0 Å². The molecule has 2 bridgehead atoms. The van der Waals surface area contributed by atoms with Gasteiger partial charge in [-0.3, -0.25) is 9.59 Å². The van der Waals surface area contributed by atoms with Crippen molar-refractivity contribution in [2.75, 3.05) is 6.54 Å². The SMILES string of the molecule is CC1(C)C2CCC1(C)C(OC(=O)C1CCCN1C(=O)C(NC(=O)C(O)Cc1ccc(O)cc1)C1CCCCC1)C2. The van der Waals surface area contributed by atoms with Crippen molar-refractivity contribution in [2.24, 2.45) is 22.7 Å². The van der Waals surface area contributed by atoms with Crippen LogP contribution in [0.1, 0.15) is 90.5 Å². The number of aliphatic hydroxyl groups is 1. The number of nitrogens with one attached hydrogen (secondary N) is 1. The molecule has 4 aliphatic rings. The van der Waals surface area contributed by atoms with Gasteiger partial charge in [0.25, 0.3) is 0 Å². The topological polar surface area (TPSA) is 116 Å². The number of phenolic OH excluding ortho intramolecular Hbond substituents is 1. The summed E-state index contributed by atoms with van der Waals surface area (Å²) < 4.78 is 6.19. The van der Waals surface area contributed by atoms with Crippen molar-refractivity contribution in [2.45, 2.75) is 116 Å². The molecule has 1 aromatic rings. The molecule has 1 saturated heterocycles. The molecule has 6 unspecified atom stereocenters. The first-order valence-corrected chi connectivity index (χ1v) is 15.3. The zero-order chi connectivity index (χ0) is 28.7. The quantitative estimate of drug-likeness (QED) is 0.417. The van der Waals surface area contributed by atoms with Gasteiger partial charge in [-0.15, -0.1) is 0 Å². The average molecular weight is 555 g/mol. The molecule has 1 aliphatic heterocycles. The molecule has 8 nitrogen and oxygen atoms in total. The van der Waals surface area contributed by atoms with Crippen molar-refractivity contribution < 1.29 is 29.3 Å². The number of rotatable bonds is 8. The Kier molecular flexibility index (Phi) is 8.20. The van der Waals surface area contributed by atoms with Crippen LogP contribution in [0.5, 0.6) is 5.75 Å². The first kappa shape index (κ1) is 28.9. The number of hydrogen-bond donors (Lipinski definition) is 3. The second-order valence-electron chi connectivity index (χ2n) is 13.5. The molecule has 0 spiro atoms. The van der Waals surface area contributed by atoms with Gasteiger partial charge in [0, 0.05) is 18.4 Å². The summed E-state index contributed by atoms with van der Waals surface area (Å²) in [4.78, 5) is 42.3. The van der Waals surface area contributed by atoms with Gasteiger partial charge in [-0.1, -0.05) is 52.2 Å². The Morgan fingerprint density at radius 3 is 2.35 bits per heavy atom. The second kappa shape index (κ2) is 11.3. The molecule has 220 valence electrons. The van der Waals surface area contributed by atoms with Crippen molar-refractivity contribution >= 4 is 17.8 Å². The Bertz CT molecular complexity index is 1100. The van der Waals surface area contributed by atoms with Crippen LogP contribution in [0.25, 0.3) is 0 Å². The Morgan fingerprint density at radius 2 is 1.73 bits per heavy atom. The zero-order valence-corrected chi connectivity index (χ0v) is 24.2. The fourth-order valence-corrected chi connectivity index (χ4v) is 8.03. The van der Waals surface area contributed by atoms with Crippen LogP contribution < -0.4 is 5.32 Å². The molecule has 0 aromatic heterocycles. The highest BCUT2D eigenvalue weighted by Crippen LogP contribution is 2.66. The summed E-state index contributed by atoms with van der Waals surface area (Å²) in [6.07, 6.45) is 7.74. The van der Waals surface area contributed by atoms with Crippen LogP contribution in [0.2, 0.25) is 0 Å². The lowest BCUT2D eigenvalue weighted by Crippen LogP contribution is -2.57. The van der Waals surface area contributed by atoms with Gasteiger partial charge in [0.1, 0.15) is 30.0 Å². The predicted octanol–water partition coefficient (Wildman–Crippen LogP) is 4.11. The van der Waals surface area contributed by atoms with Gasteiger partial charge in [-0.25, -0.2) is 4.79 Å². The summed E-state index contributed by atoms with van der Waals surface area (Å²) >= 11 is 0. The minimum Gasteiger partial charge on any atom is -0.508 e. The Hall–Kier alpha value is -2.61. The third-order valence-corrected chi connectivity index (χ3v) is 11.1. The number of benzene rings is 1. The molecule has 5 rings (SSSR count). The molecule has 3 saturated carbocycles. The summed E-state index contributed by atoms with van der Waals surface area (Å²) in [5.41, 5.74) is 0.786. The van der Waals surface area contributed by atoms with Crippen molar-refractivity contribution in [3.63, 3.8) is 0 Å². The summed E-state index contributed by atoms with van der Waals surface area (Å²) in [6, 6.07) is 4.93. The molecule has 0 radical (unpaired) electrons. The number of esters is 1. The first-order valence-electron chi connectivity index (χ1n) is 15.3. The lowest BCUT2D eigenvalue weighted by atomic mass is 9.70. The zero-order valence-electron chi connectivity index (χ0n) is 24.2. The number of aliphatic hydroxyl groups excluding tert-OH is 1. The van der Waals surface area contributed by atoms with Crippen LogP contribution in [0.15, 0.2) is 24.3 Å². The van der Waals surface area contributed by atoms with Gasteiger partial charge in [-0.05, 0) is 79.9 Å². The number of likely N-dealkylation sites (tertiary alicyclic amines) is 1. The highest BCUT2D eigenvalue weighted by molar-refractivity contribution is 5.92. The maximum Gasteiger partial charge on any atom is 0.329 e. The molecular weight excluding hydrogens is 508 g/mol. The average Bonchev–Trinajstić information content (AvgIpc) is 3.57. The van der Waals surface area contributed by atoms with E-state index in [1.807, 2.05) is 0 Å². The van der Waals surface area contributed by atoms with Crippen LogP contribution in [-0.4, -0.2) is 63.7 Å². The molecule has 1 aromatic carbocycles. The molecule has 40 heavy (non-hydrogen) atoms. The smallest absolute Gasteiger partial charge is 0.329 e. The first-order chi connectivity index (χ1) is 19.0. The number of ether oxygens (including phenoxy) is 1. The molecule has 2 amide bonds. The number of carbonyl (C=O) groups is 3. The van der Waals surface area contributed by atoms with Crippen LogP contribution in [-0.2, 0) is 25.5 Å². The number of carbonyl (C=O) groups excluding carboxylic acids is 3. The van der Waals surface area contributed by atoms with Crippen LogP contribution >= 0.6 is 0 Å². The molecule has 1 heterocycles. The standard InChI is InChI=1S/C32H46N2O6/c1-31(2)22-15-16-32(31,3)26(19-22)40-30(39)24-10-7-17-34(24)29(38)27(21-8-5-4-6-9-21)33-28(37)25(36)18-20-11-13-23(35)14-12-20/h11-14,21-22,24-27,35-36H,4-10,15-19H2,1-3H3,(H,33,37). The van der Waals surface area contributed by atoms with E-state index in [0.717, 1.165) is 51.4 Å². The largest absolute Gasteiger partial charge is 0.508 e. The van der Waals surface area contributed by atoms with E-state index in [2.05, 4.69) is 26.1 Å². The van der Waals surface area contributed by atoms with Gasteiger partial charge in [0.15, 0.2) is 0 Å². The van der Waals surface area contributed by atoms with Crippen LogP contribution in [0, 0.1) is 22.7 Å². The third kappa shape index (κ3) is 5.36. The summed E-state index contributed by atoms with van der Waals surface area (Å²) in [6.45, 7) is 7.28. The molecule has 8 heteroatoms. The van der Waals surface area contributed by atoms with Crippen molar-refractivity contribution in [3.05, 3.63) is 29.8 Å². The molecule has 4 fully saturated rings. The van der Waals surface area contributed by atoms with E-state index in [1.54, 1.807) is 17.0 Å². The van der Waals surface area contributed by atoms with E-state index in [0.29, 0.717) is 24.4 Å². The van der Waals surface area contributed by atoms with E-state index in [-0.39, 0.29) is 46.9 Å². The minimum atomic E-state index is -1.33. The highest BCUT2D eigenvalue weighted by atomic mass is 16.5. The third-order valence-electron chi connectivity index (χ3n) is 11.1. The number of fused-ring (bicyclic) bond motifs is 2. The number of phenols is 1. The fourth-order valence-electron chi connectivity index (χ4n) is 8.03. The highest BCUT2D eigenvalue weighted by Gasteiger charge is 2.63. The Balaban J connectivity index is 1.27. The maximum atomic E-state index is 14.0. The van der Waals surface area contributed by atoms with E-state index < -0.39 is 24.1 Å².